The van der Waals surface area contributed by atoms with E-state index in [1.807, 2.05) is 12.2 Å². The van der Waals surface area contributed by atoms with Gasteiger partial charge >= 0.3 is 0 Å². The van der Waals surface area contributed by atoms with Gasteiger partial charge in [0.2, 0.25) is 0 Å². The zero-order valence-corrected chi connectivity index (χ0v) is 4.85. The van der Waals surface area contributed by atoms with Gasteiger partial charge in [-0.3, -0.25) is 0 Å². The quantitative estimate of drug-likeness (QED) is 0.274. The molecule has 0 saturated carbocycles. The Morgan fingerprint density at radius 3 is 2.83 bits per heavy atom. The van der Waals surface area contributed by atoms with Crippen LogP contribution in [0.4, 0.5) is 0 Å². The lowest BCUT2D eigenvalue weighted by atomic mass is 10.6. The van der Waals surface area contributed by atoms with Crippen molar-refractivity contribution in [2.45, 2.75) is 4.95 Å². The van der Waals surface area contributed by atoms with Crippen LogP contribution in [0.2, 0.25) is 0 Å². The third-order valence-corrected chi connectivity index (χ3v) is 1.27. The second-order valence-corrected chi connectivity index (χ2v) is 2.10. The number of rotatable bonds is 0. The SMILES string of the molecule is BrC1C=CC[N]1. The molecule has 1 radical (unpaired) electrons. The number of alkyl halides is 1. The van der Waals surface area contributed by atoms with Gasteiger partial charge in [0.15, 0.2) is 0 Å². The number of halogens is 1. The first-order valence-corrected chi connectivity index (χ1v) is 2.78. The minimum Gasteiger partial charge on any atom is -0.219 e. The Bertz CT molecular complexity index is 69.9. The van der Waals surface area contributed by atoms with E-state index in [9.17, 15) is 0 Å². The van der Waals surface area contributed by atoms with Gasteiger partial charge in [-0.15, -0.1) is 0 Å². The van der Waals surface area contributed by atoms with Gasteiger partial charge in [0.1, 0.15) is 0 Å². The minimum absolute atomic E-state index is 0.303. The molecule has 1 heterocycles. The van der Waals surface area contributed by atoms with E-state index in [1.165, 1.54) is 0 Å². The highest BCUT2D eigenvalue weighted by atomic mass is 79.9. The van der Waals surface area contributed by atoms with E-state index in [0.717, 1.165) is 6.54 Å². The van der Waals surface area contributed by atoms with Crippen molar-refractivity contribution >= 4 is 15.9 Å². The van der Waals surface area contributed by atoms with E-state index in [-0.39, 0.29) is 0 Å². The van der Waals surface area contributed by atoms with Crippen LogP contribution in [0, 0.1) is 0 Å². The summed E-state index contributed by atoms with van der Waals surface area (Å²) in [6.07, 6.45) is 4.07. The summed E-state index contributed by atoms with van der Waals surface area (Å²) >= 11 is 3.28. The van der Waals surface area contributed by atoms with E-state index in [1.54, 1.807) is 0 Å². The molecule has 0 fully saturated rings. The van der Waals surface area contributed by atoms with Gasteiger partial charge in [-0.05, 0) is 0 Å². The van der Waals surface area contributed by atoms with Crippen LogP contribution in [0.1, 0.15) is 0 Å². The van der Waals surface area contributed by atoms with Gasteiger partial charge in [0.05, 0.1) is 4.95 Å². The van der Waals surface area contributed by atoms with Crippen LogP contribution in [-0.2, 0) is 0 Å². The van der Waals surface area contributed by atoms with Gasteiger partial charge in [-0.25, -0.2) is 5.32 Å². The maximum atomic E-state index is 4.04. The smallest absolute Gasteiger partial charge is 0.0980 e. The Morgan fingerprint density at radius 1 is 1.83 bits per heavy atom. The van der Waals surface area contributed by atoms with Crippen LogP contribution in [0.25, 0.3) is 0 Å². The molecule has 0 bridgehead atoms. The number of hydrogen-bond acceptors (Lipinski definition) is 0. The fourth-order valence-corrected chi connectivity index (χ4v) is 0.779. The van der Waals surface area contributed by atoms with Crippen LogP contribution in [-0.4, -0.2) is 11.5 Å². The zero-order valence-electron chi connectivity index (χ0n) is 3.26. The van der Waals surface area contributed by atoms with Crippen LogP contribution < -0.4 is 5.32 Å². The Kier molecular flexibility index (Phi) is 1.27. The molecule has 0 saturated heterocycles. The van der Waals surface area contributed by atoms with Crippen molar-refractivity contribution < 1.29 is 0 Å². The summed E-state index contributed by atoms with van der Waals surface area (Å²) in [4.78, 5) is 0.303. The number of hydrogen-bond donors (Lipinski definition) is 0. The van der Waals surface area contributed by atoms with Crippen LogP contribution >= 0.6 is 15.9 Å². The van der Waals surface area contributed by atoms with Gasteiger partial charge in [0, 0.05) is 6.54 Å². The second-order valence-electron chi connectivity index (χ2n) is 1.17. The van der Waals surface area contributed by atoms with Gasteiger partial charge in [-0.2, -0.15) is 0 Å². The van der Waals surface area contributed by atoms with Crippen molar-refractivity contribution in [3.05, 3.63) is 12.2 Å². The van der Waals surface area contributed by atoms with E-state index in [4.69, 9.17) is 0 Å². The molecule has 0 aliphatic carbocycles. The highest BCUT2D eigenvalue weighted by Gasteiger charge is 2.00. The Balaban J connectivity index is 2.38. The molecular formula is C4H5BrN. The minimum atomic E-state index is 0.303. The van der Waals surface area contributed by atoms with Crippen molar-refractivity contribution in [2.75, 3.05) is 6.54 Å². The van der Waals surface area contributed by atoms with Gasteiger partial charge in [0.25, 0.3) is 0 Å². The second kappa shape index (κ2) is 1.76. The summed E-state index contributed by atoms with van der Waals surface area (Å²) in [6.45, 7) is 0.885. The summed E-state index contributed by atoms with van der Waals surface area (Å²) in [7, 11) is 0. The third-order valence-electron chi connectivity index (χ3n) is 0.680. The number of nitrogens with zero attached hydrogens (tertiary/aromatic N) is 1. The van der Waals surface area contributed by atoms with Gasteiger partial charge < -0.3 is 0 Å². The van der Waals surface area contributed by atoms with Crippen molar-refractivity contribution in [2.24, 2.45) is 0 Å². The Hall–Kier alpha value is 0.180. The largest absolute Gasteiger partial charge is 0.219 e. The molecular weight excluding hydrogens is 142 g/mol. The molecule has 33 valence electrons. The summed E-state index contributed by atoms with van der Waals surface area (Å²) in [5.74, 6) is 0. The average Bonchev–Trinajstić information content (AvgIpc) is 1.86. The third kappa shape index (κ3) is 0.820. The molecule has 1 atom stereocenters. The predicted octanol–water partition coefficient (Wildman–Crippen LogP) is 0.882. The zero-order chi connectivity index (χ0) is 4.41. The maximum Gasteiger partial charge on any atom is 0.0980 e. The van der Waals surface area contributed by atoms with E-state index in [0.29, 0.717) is 4.95 Å². The monoisotopic (exact) mass is 146 g/mol. The van der Waals surface area contributed by atoms with Crippen LogP contribution in [0.15, 0.2) is 12.2 Å². The molecule has 1 nitrogen and oxygen atoms in total. The maximum absolute atomic E-state index is 4.04. The summed E-state index contributed by atoms with van der Waals surface area (Å²) < 4.78 is 0. The molecule has 0 spiro atoms. The molecule has 1 rings (SSSR count). The fraction of sp³-hybridized carbons (Fsp3) is 0.500. The summed E-state index contributed by atoms with van der Waals surface area (Å²) in [6, 6.07) is 0. The highest BCUT2D eigenvalue weighted by Crippen LogP contribution is 2.02. The first-order valence-electron chi connectivity index (χ1n) is 1.87. The molecule has 1 aliphatic rings. The molecule has 0 aromatic heterocycles. The standard InChI is InChI=1S/C4H5BrN/c5-4-2-1-3-6-4/h1-2,4H,3H2. The highest BCUT2D eigenvalue weighted by molar-refractivity contribution is 9.09. The van der Waals surface area contributed by atoms with E-state index >= 15 is 0 Å². The van der Waals surface area contributed by atoms with Crippen molar-refractivity contribution in [3.63, 3.8) is 0 Å². The lowest BCUT2D eigenvalue weighted by molar-refractivity contribution is 0.838. The summed E-state index contributed by atoms with van der Waals surface area (Å²) in [5, 5.41) is 4.04. The molecule has 0 amide bonds. The van der Waals surface area contributed by atoms with Crippen molar-refractivity contribution in [1.29, 1.82) is 0 Å². The molecule has 2 heteroatoms. The Morgan fingerprint density at radius 2 is 2.67 bits per heavy atom. The van der Waals surface area contributed by atoms with E-state index < -0.39 is 0 Å². The summed E-state index contributed by atoms with van der Waals surface area (Å²) in [5.41, 5.74) is 0. The van der Waals surface area contributed by atoms with Crippen molar-refractivity contribution in [1.82, 2.24) is 5.32 Å². The normalized spacial score (nSPS) is 31.8. The molecule has 0 N–H and O–H groups in total. The molecule has 0 aromatic rings. The molecule has 6 heavy (non-hydrogen) atoms. The topological polar surface area (TPSA) is 14.1 Å². The lowest BCUT2D eigenvalue weighted by Gasteiger charge is -1.88. The van der Waals surface area contributed by atoms with Crippen LogP contribution in [0.5, 0.6) is 0 Å². The van der Waals surface area contributed by atoms with Crippen molar-refractivity contribution in [3.8, 4) is 0 Å². The van der Waals surface area contributed by atoms with Gasteiger partial charge in [-0.1, -0.05) is 28.1 Å². The molecule has 0 aromatic carbocycles. The fourth-order valence-electron chi connectivity index (χ4n) is 0.396. The molecule has 1 unspecified atom stereocenters. The Labute approximate surface area is 45.6 Å². The lowest BCUT2D eigenvalue weighted by Crippen LogP contribution is -2.04. The first kappa shape index (κ1) is 4.34. The predicted molar refractivity (Wildman–Crippen MR) is 28.9 cm³/mol. The van der Waals surface area contributed by atoms with Crippen LogP contribution in [0.3, 0.4) is 0 Å². The first-order chi connectivity index (χ1) is 2.89. The molecule has 1 aliphatic heterocycles. The average molecular weight is 147 g/mol. The van der Waals surface area contributed by atoms with E-state index in [2.05, 4.69) is 21.2 Å².